The molecule has 0 bridgehead atoms. The van der Waals surface area contributed by atoms with Gasteiger partial charge in [-0.3, -0.25) is 14.8 Å². The molecule has 1 heterocycles. The quantitative estimate of drug-likeness (QED) is 0.395. The maximum Gasteiger partial charge on any atom is 0.308 e. The molecule has 0 spiro atoms. The van der Waals surface area contributed by atoms with Crippen molar-refractivity contribution in [3.8, 4) is 0 Å². The molecule has 2 N–H and O–H groups in total. The van der Waals surface area contributed by atoms with Crippen molar-refractivity contribution in [3.05, 3.63) is 22.4 Å². The summed E-state index contributed by atoms with van der Waals surface area (Å²) in [5, 5.41) is 21.4. The molecule has 0 aliphatic rings. The molecule has 0 aliphatic carbocycles. The Kier molecular flexibility index (Phi) is 7.25. The first-order valence-electron chi connectivity index (χ1n) is 6.77. The van der Waals surface area contributed by atoms with Gasteiger partial charge in [-0.1, -0.05) is 19.4 Å². The van der Waals surface area contributed by atoms with Gasteiger partial charge in [0.1, 0.15) is 0 Å². The zero-order chi connectivity index (χ0) is 15.0. The van der Waals surface area contributed by atoms with Crippen molar-refractivity contribution in [1.29, 1.82) is 0 Å². The normalized spacial score (nSPS) is 13.7. The van der Waals surface area contributed by atoms with Gasteiger partial charge in [-0.2, -0.15) is 0 Å². The lowest BCUT2D eigenvalue weighted by Crippen LogP contribution is -2.41. The van der Waals surface area contributed by atoms with Crippen LogP contribution in [0.25, 0.3) is 0 Å². The molecule has 112 valence electrons. The topological polar surface area (TPSA) is 77.8 Å². The average molecular weight is 299 g/mol. The van der Waals surface area contributed by atoms with Gasteiger partial charge in [0.25, 0.3) is 0 Å². The Morgan fingerprint density at radius 2 is 2.25 bits per heavy atom. The molecule has 1 aromatic heterocycles. The number of aryl methyl sites for hydroxylation is 1. The molecular formula is C14H21NO4S. The summed E-state index contributed by atoms with van der Waals surface area (Å²) in [4.78, 5) is 23.3. The van der Waals surface area contributed by atoms with Crippen molar-refractivity contribution in [1.82, 2.24) is 5.06 Å². The Morgan fingerprint density at radius 3 is 2.75 bits per heavy atom. The Bertz CT molecular complexity index is 407. The smallest absolute Gasteiger partial charge is 0.308 e. The predicted molar refractivity (Wildman–Crippen MR) is 76.8 cm³/mol. The van der Waals surface area contributed by atoms with E-state index in [0.717, 1.165) is 12.8 Å². The summed E-state index contributed by atoms with van der Waals surface area (Å²) in [6, 6.07) is 3.34. The fraction of sp³-hybridized carbons (Fsp3) is 0.571. The van der Waals surface area contributed by atoms with Crippen LogP contribution in [0.5, 0.6) is 0 Å². The molecule has 0 saturated carbocycles. The number of rotatable bonds is 10. The first kappa shape index (κ1) is 16.7. The summed E-state index contributed by atoms with van der Waals surface area (Å²) in [7, 11) is 0. The Morgan fingerprint density at radius 1 is 1.50 bits per heavy atom. The van der Waals surface area contributed by atoms with Gasteiger partial charge in [0.05, 0.1) is 12.0 Å². The second kappa shape index (κ2) is 8.71. The zero-order valence-corrected chi connectivity index (χ0v) is 12.4. The third-order valence-corrected chi connectivity index (χ3v) is 4.27. The summed E-state index contributed by atoms with van der Waals surface area (Å²) in [5.41, 5.74) is 0. The predicted octanol–water partition coefficient (Wildman–Crippen LogP) is 2.79. The van der Waals surface area contributed by atoms with Gasteiger partial charge in [-0.25, -0.2) is 5.06 Å². The fourth-order valence-electron chi connectivity index (χ4n) is 2.32. The van der Waals surface area contributed by atoms with Gasteiger partial charge in [0.2, 0.25) is 6.41 Å². The van der Waals surface area contributed by atoms with E-state index in [1.165, 1.54) is 4.88 Å². The molecule has 2 atom stereocenters. The Balaban J connectivity index is 2.60. The Hall–Kier alpha value is -1.40. The summed E-state index contributed by atoms with van der Waals surface area (Å²) in [6.45, 7) is 1.90. The third-order valence-electron chi connectivity index (χ3n) is 3.33. The number of nitrogens with zero attached hydrogens (tertiary/aromatic N) is 1. The van der Waals surface area contributed by atoms with Crippen molar-refractivity contribution < 1.29 is 19.9 Å². The fourth-order valence-corrected chi connectivity index (χ4v) is 3.07. The number of amides is 1. The molecule has 6 heteroatoms. The molecule has 0 aliphatic heterocycles. The zero-order valence-electron chi connectivity index (χ0n) is 11.6. The first-order chi connectivity index (χ1) is 9.60. The molecule has 0 radical (unpaired) electrons. The Labute approximate surface area is 122 Å². The van der Waals surface area contributed by atoms with E-state index < -0.39 is 17.9 Å². The van der Waals surface area contributed by atoms with Crippen molar-refractivity contribution in [2.75, 3.05) is 0 Å². The van der Waals surface area contributed by atoms with Gasteiger partial charge in [0, 0.05) is 4.88 Å². The van der Waals surface area contributed by atoms with E-state index in [1.807, 2.05) is 24.4 Å². The van der Waals surface area contributed by atoms with E-state index >= 15 is 0 Å². The number of hydrogen-bond donors (Lipinski definition) is 2. The molecular weight excluding hydrogens is 278 g/mol. The molecule has 0 unspecified atom stereocenters. The lowest BCUT2D eigenvalue weighted by Gasteiger charge is -2.27. The van der Waals surface area contributed by atoms with Crippen molar-refractivity contribution in [3.63, 3.8) is 0 Å². The first-order valence-corrected chi connectivity index (χ1v) is 7.65. The largest absolute Gasteiger partial charge is 0.481 e. The lowest BCUT2D eigenvalue weighted by atomic mass is 9.90. The van der Waals surface area contributed by atoms with Crippen LogP contribution >= 0.6 is 11.3 Å². The standard InChI is InChI=1S/C14H21NO4S/c1-2-5-13(15(19)10-16)12(14(17)18)8-3-6-11-7-4-9-20-11/h4,7,9-10,12-13,19H,2-3,5-6,8H2,1H3,(H,17,18)/t12-,13+/m1/s1. The van der Waals surface area contributed by atoms with Gasteiger partial charge < -0.3 is 5.11 Å². The minimum atomic E-state index is -0.962. The summed E-state index contributed by atoms with van der Waals surface area (Å²) in [6.07, 6.45) is 3.48. The summed E-state index contributed by atoms with van der Waals surface area (Å²) >= 11 is 1.65. The van der Waals surface area contributed by atoms with E-state index in [0.29, 0.717) is 24.3 Å². The van der Waals surface area contributed by atoms with Crippen LogP contribution in [-0.4, -0.2) is 33.8 Å². The highest BCUT2D eigenvalue weighted by Gasteiger charge is 2.31. The van der Waals surface area contributed by atoms with Crippen LogP contribution in [-0.2, 0) is 16.0 Å². The molecule has 1 amide bonds. The van der Waals surface area contributed by atoms with Crippen LogP contribution in [0.1, 0.15) is 37.5 Å². The van der Waals surface area contributed by atoms with Gasteiger partial charge in [-0.05, 0) is 37.1 Å². The SMILES string of the molecule is CCC[C@@H]([C@@H](CCCc1cccs1)C(=O)O)N(O)C=O. The molecule has 1 aromatic rings. The number of carboxylic acids is 1. The van der Waals surface area contributed by atoms with E-state index in [1.54, 1.807) is 11.3 Å². The lowest BCUT2D eigenvalue weighted by molar-refractivity contribution is -0.173. The highest BCUT2D eigenvalue weighted by molar-refractivity contribution is 7.09. The van der Waals surface area contributed by atoms with E-state index in [2.05, 4.69) is 0 Å². The number of carbonyl (C=O) groups is 2. The monoisotopic (exact) mass is 299 g/mol. The van der Waals surface area contributed by atoms with E-state index in [9.17, 15) is 19.9 Å². The van der Waals surface area contributed by atoms with Crippen molar-refractivity contribution in [2.24, 2.45) is 5.92 Å². The van der Waals surface area contributed by atoms with Crippen LogP contribution in [0.3, 0.4) is 0 Å². The number of hydroxylamine groups is 2. The molecule has 0 fully saturated rings. The number of thiophene rings is 1. The molecule has 1 rings (SSSR count). The maximum absolute atomic E-state index is 11.4. The van der Waals surface area contributed by atoms with Gasteiger partial charge in [-0.15, -0.1) is 11.3 Å². The molecule has 5 nitrogen and oxygen atoms in total. The van der Waals surface area contributed by atoms with Crippen LogP contribution in [0, 0.1) is 5.92 Å². The highest BCUT2D eigenvalue weighted by atomic mass is 32.1. The molecule has 0 saturated heterocycles. The van der Waals surface area contributed by atoms with Gasteiger partial charge in [0.15, 0.2) is 0 Å². The second-order valence-corrected chi connectivity index (χ2v) is 5.79. The number of carboxylic acid groups (broad SMARTS) is 1. The average Bonchev–Trinajstić information content (AvgIpc) is 2.93. The minimum Gasteiger partial charge on any atom is -0.481 e. The van der Waals surface area contributed by atoms with Crippen LogP contribution in [0.4, 0.5) is 0 Å². The highest BCUT2D eigenvalue weighted by Crippen LogP contribution is 2.22. The van der Waals surface area contributed by atoms with Crippen molar-refractivity contribution in [2.45, 2.75) is 45.1 Å². The number of hydrogen-bond acceptors (Lipinski definition) is 4. The minimum absolute atomic E-state index is 0.287. The third kappa shape index (κ3) is 4.94. The molecule has 20 heavy (non-hydrogen) atoms. The summed E-state index contributed by atoms with van der Waals surface area (Å²) < 4.78 is 0. The molecule has 0 aromatic carbocycles. The van der Waals surface area contributed by atoms with E-state index in [4.69, 9.17) is 0 Å². The summed E-state index contributed by atoms with van der Waals surface area (Å²) in [5.74, 6) is -1.69. The van der Waals surface area contributed by atoms with Crippen LogP contribution in [0.2, 0.25) is 0 Å². The van der Waals surface area contributed by atoms with Crippen LogP contribution in [0.15, 0.2) is 17.5 Å². The van der Waals surface area contributed by atoms with Gasteiger partial charge >= 0.3 is 5.97 Å². The van der Waals surface area contributed by atoms with Crippen molar-refractivity contribution >= 4 is 23.7 Å². The van der Waals surface area contributed by atoms with Crippen LogP contribution < -0.4 is 0 Å². The van der Waals surface area contributed by atoms with E-state index in [-0.39, 0.29) is 6.41 Å². The number of carbonyl (C=O) groups excluding carboxylic acids is 1. The number of aliphatic carboxylic acids is 1. The maximum atomic E-state index is 11.4. The second-order valence-electron chi connectivity index (χ2n) is 4.76.